The molecule has 1 aliphatic heterocycles. The van der Waals surface area contributed by atoms with Gasteiger partial charge in [-0.1, -0.05) is 31.5 Å². The maximum Gasteiger partial charge on any atom is 0.200 e. The second kappa shape index (κ2) is 6.01. The van der Waals surface area contributed by atoms with Gasteiger partial charge in [0.05, 0.1) is 16.4 Å². The monoisotopic (exact) mass is 378 g/mol. The van der Waals surface area contributed by atoms with Gasteiger partial charge in [-0.15, -0.1) is 0 Å². The largest absolute Gasteiger partial charge is 0.465 e. The number of pyridine rings is 1. The van der Waals surface area contributed by atoms with Crippen molar-refractivity contribution in [3.8, 4) is 5.75 Å². The van der Waals surface area contributed by atoms with E-state index >= 15 is 0 Å². The Bertz CT molecular complexity index is 727. The van der Waals surface area contributed by atoms with Gasteiger partial charge in [-0.05, 0) is 34.1 Å². The highest BCUT2D eigenvalue weighted by atomic mass is 79.9. The van der Waals surface area contributed by atoms with E-state index in [1.165, 1.54) is 0 Å². The van der Waals surface area contributed by atoms with Gasteiger partial charge in [-0.25, -0.2) is 4.99 Å². The summed E-state index contributed by atoms with van der Waals surface area (Å²) in [5.74, 6) is 0.757. The lowest BCUT2D eigenvalue weighted by atomic mass is 9.99. The Kier molecular flexibility index (Phi) is 4.24. The molecule has 0 radical (unpaired) electrons. The van der Waals surface area contributed by atoms with Gasteiger partial charge in [0.25, 0.3) is 0 Å². The molecule has 1 aromatic carbocycles. The summed E-state index contributed by atoms with van der Waals surface area (Å²) in [6, 6.07) is 9.62. The second-order valence-corrected chi connectivity index (χ2v) is 6.45. The number of fused-ring (bicyclic) bond motifs is 1. The number of rotatable bonds is 3. The number of hydrogen-bond donors (Lipinski definition) is 0. The third-order valence-electron chi connectivity index (χ3n) is 3.91. The average molecular weight is 380 g/mol. The molecule has 114 valence electrons. The molecule has 1 aliphatic rings. The van der Waals surface area contributed by atoms with E-state index in [9.17, 15) is 0 Å². The van der Waals surface area contributed by atoms with Crippen molar-refractivity contribution >= 4 is 33.2 Å². The van der Waals surface area contributed by atoms with Crippen LogP contribution in [0, 0.1) is 0 Å². The van der Waals surface area contributed by atoms with Crippen molar-refractivity contribution in [3.63, 3.8) is 0 Å². The van der Waals surface area contributed by atoms with Gasteiger partial charge >= 0.3 is 0 Å². The van der Waals surface area contributed by atoms with Gasteiger partial charge in [0.2, 0.25) is 0 Å². The molecule has 0 bridgehead atoms. The molecule has 0 amide bonds. The molecule has 5 heteroatoms. The highest BCUT2D eigenvalue weighted by Crippen LogP contribution is 2.39. The van der Waals surface area contributed by atoms with Crippen molar-refractivity contribution < 1.29 is 4.74 Å². The van der Waals surface area contributed by atoms with Crippen LogP contribution in [0.4, 0.5) is 0 Å². The zero-order valence-electron chi connectivity index (χ0n) is 12.4. The van der Waals surface area contributed by atoms with Crippen LogP contribution in [0.25, 0.3) is 0 Å². The lowest BCUT2D eigenvalue weighted by Crippen LogP contribution is -2.37. The summed E-state index contributed by atoms with van der Waals surface area (Å²) in [4.78, 5) is 9.35. The molecule has 3 rings (SSSR count). The van der Waals surface area contributed by atoms with E-state index in [1.807, 2.05) is 30.3 Å². The maximum atomic E-state index is 6.24. The highest BCUT2D eigenvalue weighted by molar-refractivity contribution is 9.10. The fourth-order valence-corrected chi connectivity index (χ4v) is 3.04. The van der Waals surface area contributed by atoms with Gasteiger partial charge < -0.3 is 4.74 Å². The van der Waals surface area contributed by atoms with Gasteiger partial charge in [0, 0.05) is 35.1 Å². The number of benzene rings is 1. The molecule has 3 nitrogen and oxygen atoms in total. The number of nitrogens with zero attached hydrogens (tertiary/aromatic N) is 2. The normalized spacial score (nSPS) is 15.7. The van der Waals surface area contributed by atoms with Crippen LogP contribution >= 0.6 is 27.5 Å². The smallest absolute Gasteiger partial charge is 0.200 e. The summed E-state index contributed by atoms with van der Waals surface area (Å²) in [7, 11) is 0. The third-order valence-corrected chi connectivity index (χ3v) is 5.10. The molecule has 0 N–H and O–H groups in total. The minimum absolute atomic E-state index is 0.559. The van der Waals surface area contributed by atoms with Crippen molar-refractivity contribution in [2.75, 3.05) is 0 Å². The average Bonchev–Trinajstić information content (AvgIpc) is 2.56. The van der Waals surface area contributed by atoms with Crippen LogP contribution in [0.1, 0.15) is 37.9 Å². The summed E-state index contributed by atoms with van der Waals surface area (Å²) in [5.41, 5.74) is 2.04. The summed E-state index contributed by atoms with van der Waals surface area (Å²) < 4.78 is 7.00. The van der Waals surface area contributed by atoms with Crippen LogP contribution in [-0.4, -0.2) is 16.4 Å². The standard InChI is InChI=1S/C17H16BrClN2O/c1-3-17(4-2)21-16(14-7-5-6-8-20-14)11-9-12(18)13(19)10-15(11)22-17/h5-10H,3-4H2,1-2H3. The number of aromatic nitrogens is 1. The minimum atomic E-state index is -0.559. The first-order valence-electron chi connectivity index (χ1n) is 7.28. The molecule has 0 atom stereocenters. The van der Waals surface area contributed by atoms with Crippen molar-refractivity contribution in [3.05, 3.63) is 57.3 Å². The molecule has 0 aliphatic carbocycles. The van der Waals surface area contributed by atoms with Crippen LogP contribution in [-0.2, 0) is 0 Å². The topological polar surface area (TPSA) is 34.5 Å². The van der Waals surface area contributed by atoms with Crippen molar-refractivity contribution in [1.82, 2.24) is 4.98 Å². The second-order valence-electron chi connectivity index (χ2n) is 5.19. The first-order valence-corrected chi connectivity index (χ1v) is 8.45. The number of hydrogen-bond acceptors (Lipinski definition) is 3. The molecular weight excluding hydrogens is 364 g/mol. The quantitative estimate of drug-likeness (QED) is 0.730. The summed E-state index contributed by atoms with van der Waals surface area (Å²) in [6.45, 7) is 4.16. The predicted octanol–water partition coefficient (Wildman–Crippen LogP) is 5.24. The van der Waals surface area contributed by atoms with E-state index in [1.54, 1.807) is 6.20 Å². The van der Waals surface area contributed by atoms with Crippen LogP contribution in [0.2, 0.25) is 5.02 Å². The van der Waals surface area contributed by atoms with Gasteiger partial charge in [-0.3, -0.25) is 4.98 Å². The van der Waals surface area contributed by atoms with E-state index in [4.69, 9.17) is 21.3 Å². The Labute approximate surface area is 143 Å². The van der Waals surface area contributed by atoms with E-state index in [2.05, 4.69) is 34.8 Å². The van der Waals surface area contributed by atoms with Crippen LogP contribution < -0.4 is 4.74 Å². The first-order chi connectivity index (χ1) is 10.6. The van der Waals surface area contributed by atoms with Crippen LogP contribution in [0.3, 0.4) is 0 Å². The lowest BCUT2D eigenvalue weighted by molar-refractivity contribution is 0.0658. The van der Waals surface area contributed by atoms with Gasteiger partial charge in [0.15, 0.2) is 5.72 Å². The van der Waals surface area contributed by atoms with E-state index in [0.717, 1.165) is 40.0 Å². The minimum Gasteiger partial charge on any atom is -0.465 e. The first kappa shape index (κ1) is 15.5. The number of halogens is 2. The Morgan fingerprint density at radius 1 is 1.23 bits per heavy atom. The van der Waals surface area contributed by atoms with E-state index < -0.39 is 5.72 Å². The zero-order valence-corrected chi connectivity index (χ0v) is 14.8. The molecule has 0 saturated carbocycles. The molecular formula is C17H16BrClN2O. The van der Waals surface area contributed by atoms with Crippen molar-refractivity contribution in [2.45, 2.75) is 32.4 Å². The number of ether oxygens (including phenoxy) is 1. The molecule has 0 spiro atoms. The van der Waals surface area contributed by atoms with Crippen LogP contribution in [0.15, 0.2) is 46.0 Å². The zero-order chi connectivity index (χ0) is 15.7. The molecule has 2 aromatic rings. The van der Waals surface area contributed by atoms with Gasteiger partial charge in [-0.2, -0.15) is 0 Å². The molecule has 0 unspecified atom stereocenters. The maximum absolute atomic E-state index is 6.24. The predicted molar refractivity (Wildman–Crippen MR) is 93.0 cm³/mol. The molecule has 22 heavy (non-hydrogen) atoms. The molecule has 1 aromatic heterocycles. The van der Waals surface area contributed by atoms with Crippen molar-refractivity contribution in [2.24, 2.45) is 4.99 Å². The highest BCUT2D eigenvalue weighted by Gasteiger charge is 2.35. The Morgan fingerprint density at radius 2 is 2.00 bits per heavy atom. The Hall–Kier alpha value is -1.39. The Balaban J connectivity index is 2.24. The fraction of sp³-hybridized carbons (Fsp3) is 0.294. The summed E-state index contributed by atoms with van der Waals surface area (Å²) in [5, 5.41) is 0.627. The van der Waals surface area contributed by atoms with Crippen LogP contribution in [0.5, 0.6) is 5.75 Å². The summed E-state index contributed by atoms with van der Waals surface area (Å²) in [6.07, 6.45) is 3.34. The summed E-state index contributed by atoms with van der Waals surface area (Å²) >= 11 is 9.71. The molecule has 2 heterocycles. The lowest BCUT2D eigenvalue weighted by Gasteiger charge is -2.34. The fourth-order valence-electron chi connectivity index (χ4n) is 2.54. The van der Waals surface area contributed by atoms with E-state index in [-0.39, 0.29) is 0 Å². The Morgan fingerprint density at radius 3 is 2.64 bits per heavy atom. The SMILES string of the molecule is CCC1(CC)N=C(c2ccccn2)c2cc(Br)c(Cl)cc2O1. The van der Waals surface area contributed by atoms with E-state index in [0.29, 0.717) is 5.02 Å². The van der Waals surface area contributed by atoms with Gasteiger partial charge in [0.1, 0.15) is 5.75 Å². The number of aliphatic imine (C=N–C) groups is 1. The molecule has 0 saturated heterocycles. The van der Waals surface area contributed by atoms with Crippen molar-refractivity contribution in [1.29, 1.82) is 0 Å². The molecule has 0 fully saturated rings. The third kappa shape index (κ3) is 2.66.